The molecule has 0 amide bonds. The number of rotatable bonds is 1. The van der Waals surface area contributed by atoms with E-state index in [1.807, 2.05) is 2.38 Å². The summed E-state index contributed by atoms with van der Waals surface area (Å²) in [4.78, 5) is 14.5. The third kappa shape index (κ3) is 1.60. The van der Waals surface area contributed by atoms with E-state index in [2.05, 4.69) is 4.98 Å². The molecule has 0 atom stereocenters. The van der Waals surface area contributed by atoms with Crippen molar-refractivity contribution in [2.24, 2.45) is 0 Å². The molecular formula is C5H5N2OTl. The quantitative estimate of drug-likeness (QED) is 0.541. The number of aromatic nitrogens is 2. The molecule has 0 bridgehead atoms. The first-order chi connectivity index (χ1) is 4.20. The van der Waals surface area contributed by atoms with Gasteiger partial charge in [0.05, 0.1) is 0 Å². The molecule has 0 aliphatic rings. The van der Waals surface area contributed by atoms with E-state index in [9.17, 15) is 4.79 Å². The monoisotopic (exact) mass is 314 g/mol. The van der Waals surface area contributed by atoms with Gasteiger partial charge in [-0.2, -0.15) is 0 Å². The van der Waals surface area contributed by atoms with Gasteiger partial charge in [-0.1, -0.05) is 0 Å². The molecule has 3 nitrogen and oxygen atoms in total. The van der Waals surface area contributed by atoms with Crippen LogP contribution in [0.1, 0.15) is 17.4 Å². The van der Waals surface area contributed by atoms with E-state index >= 15 is 0 Å². The fourth-order valence-corrected chi connectivity index (χ4v) is 1.33. The van der Waals surface area contributed by atoms with Crippen molar-refractivity contribution in [3.63, 3.8) is 0 Å². The molecule has 1 aromatic heterocycles. The van der Waals surface area contributed by atoms with Crippen LogP contribution in [-0.2, 0) is 0 Å². The van der Waals surface area contributed by atoms with Gasteiger partial charge < -0.3 is 0 Å². The van der Waals surface area contributed by atoms with Crippen molar-refractivity contribution >= 4 is 31.8 Å². The number of carbonyl (C=O) groups is 1. The van der Waals surface area contributed by atoms with E-state index in [1.54, 1.807) is 12.5 Å². The number of hydrogen-bond donors (Lipinski definition) is 0. The van der Waals surface area contributed by atoms with Crippen LogP contribution in [0.5, 0.6) is 0 Å². The van der Waals surface area contributed by atoms with E-state index in [4.69, 9.17) is 0 Å². The fraction of sp³-hybridized carbons (Fsp3) is 0.200. The molecule has 1 aromatic rings. The summed E-state index contributed by atoms with van der Waals surface area (Å²) in [7, 11) is 0. The Bertz CT molecular complexity index is 231. The number of imidazole rings is 1. The molecule has 0 saturated heterocycles. The van der Waals surface area contributed by atoms with E-state index in [-0.39, 0.29) is 5.78 Å². The van der Waals surface area contributed by atoms with Crippen LogP contribution in [0.2, 0.25) is 0 Å². The average molecular weight is 313 g/mol. The van der Waals surface area contributed by atoms with Crippen LogP contribution in [0, 0.1) is 0 Å². The summed E-state index contributed by atoms with van der Waals surface area (Å²) in [6, 6.07) is 0. The molecule has 0 aromatic carbocycles. The SMILES string of the molecule is CC(=O)c1c[n]([Tl])cn1. The summed E-state index contributed by atoms with van der Waals surface area (Å²) in [5.74, 6) is 0.0365. The number of hydrogen-bond acceptors (Lipinski definition) is 2. The molecule has 4 heteroatoms. The first-order valence-corrected chi connectivity index (χ1v) is 4.51. The van der Waals surface area contributed by atoms with Gasteiger partial charge in [0.25, 0.3) is 0 Å². The molecule has 0 aliphatic carbocycles. The van der Waals surface area contributed by atoms with Crippen LogP contribution >= 0.6 is 0 Å². The first-order valence-electron chi connectivity index (χ1n) is 2.50. The Morgan fingerprint density at radius 1 is 1.89 bits per heavy atom. The van der Waals surface area contributed by atoms with Crippen LogP contribution in [0.25, 0.3) is 0 Å². The van der Waals surface area contributed by atoms with Crippen LogP contribution in [-0.4, -0.2) is 39.2 Å². The molecule has 0 aliphatic heterocycles. The van der Waals surface area contributed by atoms with Crippen molar-refractivity contribution < 1.29 is 4.79 Å². The molecule has 1 rings (SSSR count). The van der Waals surface area contributed by atoms with E-state index in [0.717, 1.165) is 0 Å². The summed E-state index contributed by atoms with van der Waals surface area (Å²) in [6.45, 7) is 1.52. The van der Waals surface area contributed by atoms with Gasteiger partial charge in [-0.05, 0) is 0 Å². The number of Topliss-reactive ketones (excluding diaryl/α,β-unsaturated/α-hetero) is 1. The Morgan fingerprint density at radius 3 is 2.78 bits per heavy atom. The maximum atomic E-state index is 10.6. The van der Waals surface area contributed by atoms with Crippen molar-refractivity contribution in [2.45, 2.75) is 6.92 Å². The number of carbonyl (C=O) groups excluding carboxylic acids is 1. The summed E-state index contributed by atoms with van der Waals surface area (Å²) >= 11 is 0.704. The van der Waals surface area contributed by atoms with Gasteiger partial charge in [0, 0.05) is 0 Å². The Kier molecular flexibility index (Phi) is 1.99. The van der Waals surface area contributed by atoms with E-state index in [1.165, 1.54) is 6.92 Å². The van der Waals surface area contributed by atoms with Gasteiger partial charge in [0.2, 0.25) is 0 Å². The second-order valence-electron chi connectivity index (χ2n) is 1.76. The Morgan fingerprint density at radius 2 is 2.56 bits per heavy atom. The zero-order chi connectivity index (χ0) is 6.85. The predicted octanol–water partition coefficient (Wildman–Crippen LogP) is 0.0173. The van der Waals surface area contributed by atoms with Gasteiger partial charge >= 0.3 is 69.1 Å². The standard InChI is InChI=1S/C5H6N2O.Tl/c1-4(8)5-2-6-3-7-5;/h2-3H,1H3,(H,6,7,8);/q;+1/p-1. The molecule has 44 valence electrons. The van der Waals surface area contributed by atoms with Crippen LogP contribution < -0.4 is 0 Å². The topological polar surface area (TPSA) is 34.9 Å². The molecule has 1 heterocycles. The zero-order valence-corrected chi connectivity index (χ0v) is 9.52. The van der Waals surface area contributed by atoms with Crippen LogP contribution in [0.4, 0.5) is 0 Å². The van der Waals surface area contributed by atoms with Crippen molar-refractivity contribution in [1.82, 2.24) is 7.36 Å². The van der Waals surface area contributed by atoms with Gasteiger partial charge in [-0.3, -0.25) is 0 Å². The van der Waals surface area contributed by atoms with Crippen LogP contribution in [0.15, 0.2) is 12.5 Å². The minimum atomic E-state index is 0.0365. The normalized spacial score (nSPS) is 9.33. The zero-order valence-electron chi connectivity index (χ0n) is 5.03. The first kappa shape index (κ1) is 6.92. The summed E-state index contributed by atoms with van der Waals surface area (Å²) in [5.41, 5.74) is 0.567. The third-order valence-corrected chi connectivity index (χ3v) is 2.06. The van der Waals surface area contributed by atoms with Crippen molar-refractivity contribution in [1.29, 1.82) is 0 Å². The number of nitrogens with zero attached hydrogens (tertiary/aromatic N) is 2. The van der Waals surface area contributed by atoms with Gasteiger partial charge in [-0.25, -0.2) is 0 Å². The number of ketones is 1. The third-order valence-electron chi connectivity index (χ3n) is 0.962. The molecule has 0 N–H and O–H groups in total. The maximum absolute atomic E-state index is 10.6. The molecular weight excluding hydrogens is 308 g/mol. The molecule has 0 fully saturated rings. The molecule has 0 spiro atoms. The van der Waals surface area contributed by atoms with Crippen molar-refractivity contribution in [2.75, 3.05) is 0 Å². The Balaban J connectivity index is 2.98. The molecule has 0 saturated carbocycles. The van der Waals surface area contributed by atoms with Crippen molar-refractivity contribution in [3.8, 4) is 0 Å². The van der Waals surface area contributed by atoms with Crippen LogP contribution in [0.3, 0.4) is 0 Å². The molecule has 0 unspecified atom stereocenters. The molecule has 9 heavy (non-hydrogen) atoms. The fourth-order valence-electron chi connectivity index (χ4n) is 0.519. The molecule has 0 radical (unpaired) electrons. The van der Waals surface area contributed by atoms with Gasteiger partial charge in [-0.15, -0.1) is 0 Å². The summed E-state index contributed by atoms with van der Waals surface area (Å²) < 4.78 is 1.91. The second kappa shape index (κ2) is 2.59. The van der Waals surface area contributed by atoms with Gasteiger partial charge in [0.1, 0.15) is 0 Å². The summed E-state index contributed by atoms with van der Waals surface area (Å²) in [6.07, 6.45) is 3.45. The van der Waals surface area contributed by atoms with E-state index < -0.39 is 0 Å². The Hall–Kier alpha value is -0.198. The van der Waals surface area contributed by atoms with Gasteiger partial charge in [0.15, 0.2) is 0 Å². The minimum absolute atomic E-state index is 0.0365. The second-order valence-corrected chi connectivity index (χ2v) is 4.08. The van der Waals surface area contributed by atoms with E-state index in [0.29, 0.717) is 31.8 Å². The Labute approximate surface area is 69.2 Å². The predicted molar refractivity (Wildman–Crippen MR) is 33.4 cm³/mol. The average Bonchev–Trinajstić information content (AvgIpc) is 2.14. The van der Waals surface area contributed by atoms with Crippen molar-refractivity contribution in [3.05, 3.63) is 18.2 Å². The summed E-state index contributed by atoms with van der Waals surface area (Å²) in [5, 5.41) is 0.